The zero-order chi connectivity index (χ0) is 6.41. The molecular weight excluding hydrogens is 100 g/mol. The van der Waals surface area contributed by atoms with Crippen molar-refractivity contribution in [3.05, 3.63) is 0 Å². The number of nitrogens with zero attached hydrogens (tertiary/aromatic N) is 1. The molecule has 0 aromatic heterocycles. The van der Waals surface area contributed by atoms with E-state index in [9.17, 15) is 0 Å². The van der Waals surface area contributed by atoms with Crippen LogP contribution in [0.15, 0.2) is 4.99 Å². The molecule has 2 heteroatoms. The molecule has 0 saturated heterocycles. The molecule has 0 heterocycles. The maximum absolute atomic E-state index is 3.76. The molecule has 0 bridgehead atoms. The van der Waals surface area contributed by atoms with Crippen molar-refractivity contribution in [2.24, 2.45) is 4.99 Å². The van der Waals surface area contributed by atoms with Crippen LogP contribution in [0.1, 0.15) is 20.3 Å². The van der Waals surface area contributed by atoms with Gasteiger partial charge in [-0.25, -0.2) is 0 Å². The van der Waals surface area contributed by atoms with Crippen LogP contribution in [0.25, 0.3) is 0 Å². The van der Waals surface area contributed by atoms with Crippen LogP contribution in [0.2, 0.25) is 0 Å². The standard InChI is InChI=1S/C6H14N2/c1-4-5-8-6(2)7-3/h6,8H,3-5H2,1-2H3/t6-/m1/s1. The minimum absolute atomic E-state index is 0.218. The molecule has 0 saturated carbocycles. The van der Waals surface area contributed by atoms with Crippen LogP contribution < -0.4 is 5.32 Å². The second-order valence-corrected chi connectivity index (χ2v) is 1.81. The largest absolute Gasteiger partial charge is 0.296 e. The zero-order valence-electron chi connectivity index (χ0n) is 5.65. The second kappa shape index (κ2) is 4.78. The van der Waals surface area contributed by atoms with E-state index in [1.165, 1.54) is 0 Å². The highest BCUT2D eigenvalue weighted by molar-refractivity contribution is 5.23. The Morgan fingerprint density at radius 2 is 2.38 bits per heavy atom. The third kappa shape index (κ3) is 3.81. The van der Waals surface area contributed by atoms with Crippen molar-refractivity contribution in [2.75, 3.05) is 6.54 Å². The Kier molecular flexibility index (Phi) is 4.56. The molecule has 0 radical (unpaired) electrons. The summed E-state index contributed by atoms with van der Waals surface area (Å²) < 4.78 is 0. The molecule has 8 heavy (non-hydrogen) atoms. The van der Waals surface area contributed by atoms with E-state index in [0.29, 0.717) is 0 Å². The smallest absolute Gasteiger partial charge is 0.0958 e. The Bertz CT molecular complexity index is 61.5. The van der Waals surface area contributed by atoms with Gasteiger partial charge in [-0.1, -0.05) is 6.92 Å². The number of rotatable bonds is 4. The average molecular weight is 114 g/mol. The third-order valence-electron chi connectivity index (χ3n) is 0.964. The van der Waals surface area contributed by atoms with Crippen LogP contribution in [-0.2, 0) is 0 Å². The maximum Gasteiger partial charge on any atom is 0.0958 e. The molecule has 0 aliphatic carbocycles. The first-order valence-electron chi connectivity index (χ1n) is 3.00. The molecule has 0 amide bonds. The Morgan fingerprint density at radius 3 is 2.75 bits per heavy atom. The van der Waals surface area contributed by atoms with Gasteiger partial charge in [0.2, 0.25) is 0 Å². The summed E-state index contributed by atoms with van der Waals surface area (Å²) in [6.45, 7) is 8.55. The lowest BCUT2D eigenvalue weighted by Gasteiger charge is -2.04. The molecule has 0 unspecified atom stereocenters. The molecular formula is C6H14N2. The molecule has 1 N–H and O–H groups in total. The Morgan fingerprint density at radius 1 is 1.75 bits per heavy atom. The minimum atomic E-state index is 0.218. The zero-order valence-corrected chi connectivity index (χ0v) is 5.65. The predicted molar refractivity (Wildman–Crippen MR) is 37.3 cm³/mol. The lowest BCUT2D eigenvalue weighted by molar-refractivity contribution is 0.568. The van der Waals surface area contributed by atoms with Gasteiger partial charge in [-0.15, -0.1) is 0 Å². The summed E-state index contributed by atoms with van der Waals surface area (Å²) in [7, 11) is 0. The van der Waals surface area contributed by atoms with Crippen LogP contribution in [0, 0.1) is 0 Å². The summed E-state index contributed by atoms with van der Waals surface area (Å²) in [5.74, 6) is 0. The van der Waals surface area contributed by atoms with Crippen molar-refractivity contribution in [2.45, 2.75) is 26.4 Å². The van der Waals surface area contributed by atoms with Crippen LogP contribution in [0.3, 0.4) is 0 Å². The topological polar surface area (TPSA) is 24.4 Å². The SMILES string of the molecule is C=N[C@@H](C)NCCC. The number of hydrogen-bond acceptors (Lipinski definition) is 2. The fourth-order valence-electron chi connectivity index (χ4n) is 0.418. The quantitative estimate of drug-likeness (QED) is 0.542. The summed E-state index contributed by atoms with van der Waals surface area (Å²) in [4.78, 5) is 3.76. The van der Waals surface area contributed by atoms with Crippen molar-refractivity contribution < 1.29 is 0 Å². The fourth-order valence-corrected chi connectivity index (χ4v) is 0.418. The highest BCUT2D eigenvalue weighted by atomic mass is 15.0. The Labute approximate surface area is 51.0 Å². The molecule has 1 atom stereocenters. The highest BCUT2D eigenvalue weighted by Gasteiger charge is 1.89. The van der Waals surface area contributed by atoms with Gasteiger partial charge in [0, 0.05) is 0 Å². The van der Waals surface area contributed by atoms with Crippen LogP contribution >= 0.6 is 0 Å². The maximum atomic E-state index is 3.76. The fraction of sp³-hybridized carbons (Fsp3) is 0.833. The van der Waals surface area contributed by atoms with E-state index < -0.39 is 0 Å². The molecule has 0 fully saturated rings. The Hall–Kier alpha value is -0.370. The van der Waals surface area contributed by atoms with E-state index in [2.05, 4.69) is 24.0 Å². The Balaban J connectivity index is 2.98. The van der Waals surface area contributed by atoms with E-state index in [4.69, 9.17) is 0 Å². The van der Waals surface area contributed by atoms with Crippen LogP contribution in [0.5, 0.6) is 0 Å². The summed E-state index contributed by atoms with van der Waals surface area (Å²) >= 11 is 0. The van der Waals surface area contributed by atoms with Crippen LogP contribution in [-0.4, -0.2) is 19.4 Å². The summed E-state index contributed by atoms with van der Waals surface area (Å²) in [5.41, 5.74) is 0. The van der Waals surface area contributed by atoms with E-state index in [0.717, 1.165) is 13.0 Å². The van der Waals surface area contributed by atoms with Crippen molar-refractivity contribution in [3.8, 4) is 0 Å². The molecule has 0 rings (SSSR count). The molecule has 0 aromatic rings. The highest BCUT2D eigenvalue weighted by Crippen LogP contribution is 1.79. The van der Waals surface area contributed by atoms with Gasteiger partial charge in [0.25, 0.3) is 0 Å². The number of nitrogens with one attached hydrogen (secondary N) is 1. The van der Waals surface area contributed by atoms with Crippen molar-refractivity contribution in [1.82, 2.24) is 5.32 Å². The molecule has 0 spiro atoms. The van der Waals surface area contributed by atoms with Crippen LogP contribution in [0.4, 0.5) is 0 Å². The second-order valence-electron chi connectivity index (χ2n) is 1.81. The normalized spacial score (nSPS) is 13.2. The van der Waals surface area contributed by atoms with Gasteiger partial charge in [0.1, 0.15) is 0 Å². The lowest BCUT2D eigenvalue weighted by Crippen LogP contribution is -2.24. The predicted octanol–water partition coefficient (Wildman–Crippen LogP) is 1.03. The molecule has 48 valence electrons. The molecule has 0 aliphatic rings. The van der Waals surface area contributed by atoms with Crippen molar-refractivity contribution in [3.63, 3.8) is 0 Å². The average Bonchev–Trinajstić information content (AvgIpc) is 1.83. The first kappa shape index (κ1) is 7.63. The number of aliphatic imine (C=N–C) groups is 1. The van der Waals surface area contributed by atoms with Crippen molar-refractivity contribution in [1.29, 1.82) is 0 Å². The van der Waals surface area contributed by atoms with E-state index in [1.54, 1.807) is 0 Å². The first-order valence-corrected chi connectivity index (χ1v) is 3.00. The van der Waals surface area contributed by atoms with Gasteiger partial charge >= 0.3 is 0 Å². The van der Waals surface area contributed by atoms with E-state index >= 15 is 0 Å². The monoisotopic (exact) mass is 114 g/mol. The molecule has 2 nitrogen and oxygen atoms in total. The summed E-state index contributed by atoms with van der Waals surface area (Å²) in [5, 5.41) is 3.15. The summed E-state index contributed by atoms with van der Waals surface area (Å²) in [6, 6.07) is 0. The van der Waals surface area contributed by atoms with Gasteiger partial charge < -0.3 is 0 Å². The number of hydrogen-bond donors (Lipinski definition) is 1. The first-order chi connectivity index (χ1) is 3.81. The van der Waals surface area contributed by atoms with E-state index in [-0.39, 0.29) is 6.17 Å². The van der Waals surface area contributed by atoms with Crippen molar-refractivity contribution >= 4 is 6.72 Å². The third-order valence-corrected chi connectivity index (χ3v) is 0.964. The minimum Gasteiger partial charge on any atom is -0.296 e. The van der Waals surface area contributed by atoms with Gasteiger partial charge in [-0.05, 0) is 26.6 Å². The van der Waals surface area contributed by atoms with E-state index in [1.807, 2.05) is 6.92 Å². The van der Waals surface area contributed by atoms with Gasteiger partial charge in [0.05, 0.1) is 6.17 Å². The lowest BCUT2D eigenvalue weighted by atomic mass is 10.4. The van der Waals surface area contributed by atoms with Gasteiger partial charge in [0.15, 0.2) is 0 Å². The van der Waals surface area contributed by atoms with Gasteiger partial charge in [-0.2, -0.15) is 0 Å². The van der Waals surface area contributed by atoms with Gasteiger partial charge in [-0.3, -0.25) is 10.3 Å². The molecule has 0 aromatic carbocycles. The summed E-state index contributed by atoms with van der Waals surface area (Å²) in [6.07, 6.45) is 1.37. The molecule has 0 aliphatic heterocycles.